The Morgan fingerprint density at radius 3 is 1.26 bits per heavy atom. The molecule has 5 aromatic rings. The molecule has 1 aromatic heterocycles. The normalized spacial score (nSPS) is 10.7. The first-order chi connectivity index (χ1) is 15.3. The molecule has 0 saturated heterocycles. The van der Waals surface area contributed by atoms with Crippen molar-refractivity contribution in [2.75, 3.05) is 0 Å². The lowest BCUT2D eigenvalue weighted by Gasteiger charge is -2.10. The third-order valence-electron chi connectivity index (χ3n) is 4.96. The van der Waals surface area contributed by atoms with Crippen LogP contribution in [0.4, 0.5) is 0 Å². The van der Waals surface area contributed by atoms with Crippen molar-refractivity contribution >= 4 is 11.6 Å². The van der Waals surface area contributed by atoms with Crippen LogP contribution in [0.1, 0.15) is 0 Å². The summed E-state index contributed by atoms with van der Waals surface area (Å²) in [5.41, 5.74) is 4.84. The quantitative estimate of drug-likeness (QED) is 0.309. The summed E-state index contributed by atoms with van der Waals surface area (Å²) in [7, 11) is 0. The third-order valence-corrected chi connectivity index (χ3v) is 5.18. The molecule has 148 valence electrons. The molecule has 0 fully saturated rings. The summed E-state index contributed by atoms with van der Waals surface area (Å²) >= 11 is 6.49. The molecule has 0 saturated carbocycles. The van der Waals surface area contributed by atoms with E-state index in [0.29, 0.717) is 22.5 Å². The van der Waals surface area contributed by atoms with Crippen LogP contribution in [-0.4, -0.2) is 15.0 Å². The average Bonchev–Trinajstić information content (AvgIpc) is 2.85. The van der Waals surface area contributed by atoms with Gasteiger partial charge in [-0.15, -0.1) is 0 Å². The van der Waals surface area contributed by atoms with Crippen molar-refractivity contribution in [1.82, 2.24) is 15.0 Å². The fraction of sp³-hybridized carbons (Fsp3) is 0. The van der Waals surface area contributed by atoms with Gasteiger partial charge in [-0.2, -0.15) is 0 Å². The van der Waals surface area contributed by atoms with Crippen LogP contribution in [0.15, 0.2) is 109 Å². The van der Waals surface area contributed by atoms with Crippen molar-refractivity contribution in [3.05, 3.63) is 114 Å². The fourth-order valence-electron chi connectivity index (χ4n) is 3.45. The van der Waals surface area contributed by atoms with Gasteiger partial charge in [-0.05, 0) is 29.3 Å². The first-order valence-corrected chi connectivity index (χ1v) is 10.4. The molecule has 4 heteroatoms. The summed E-state index contributed by atoms with van der Waals surface area (Å²) in [5, 5.41) is 0.638. The van der Waals surface area contributed by atoms with Crippen LogP contribution in [0.3, 0.4) is 0 Å². The summed E-state index contributed by atoms with van der Waals surface area (Å²) in [4.78, 5) is 14.3. The molecule has 0 aliphatic heterocycles. The van der Waals surface area contributed by atoms with Gasteiger partial charge in [-0.3, -0.25) is 0 Å². The van der Waals surface area contributed by atoms with E-state index in [-0.39, 0.29) is 0 Å². The van der Waals surface area contributed by atoms with Crippen molar-refractivity contribution in [3.8, 4) is 45.3 Å². The average molecular weight is 420 g/mol. The molecule has 31 heavy (non-hydrogen) atoms. The Bertz CT molecular complexity index is 1260. The van der Waals surface area contributed by atoms with Crippen molar-refractivity contribution in [3.63, 3.8) is 0 Å². The van der Waals surface area contributed by atoms with Gasteiger partial charge in [-0.25, -0.2) is 15.0 Å². The van der Waals surface area contributed by atoms with E-state index >= 15 is 0 Å². The number of nitrogens with zero attached hydrogens (tertiary/aromatic N) is 3. The topological polar surface area (TPSA) is 38.7 Å². The Hall–Kier alpha value is -3.82. The molecule has 1 heterocycles. The highest BCUT2D eigenvalue weighted by molar-refractivity contribution is 6.31. The second-order valence-corrected chi connectivity index (χ2v) is 7.57. The second kappa shape index (κ2) is 8.50. The molecular formula is C27H18ClN3. The number of aromatic nitrogens is 3. The largest absolute Gasteiger partial charge is 0.208 e. The van der Waals surface area contributed by atoms with E-state index in [1.54, 1.807) is 0 Å². The van der Waals surface area contributed by atoms with Crippen LogP contribution in [0.25, 0.3) is 45.3 Å². The fourth-order valence-corrected chi connectivity index (χ4v) is 3.69. The minimum atomic E-state index is 0.590. The Kier molecular flexibility index (Phi) is 5.26. The van der Waals surface area contributed by atoms with Gasteiger partial charge in [0, 0.05) is 21.7 Å². The molecule has 4 aromatic carbocycles. The summed E-state index contributed by atoms with van der Waals surface area (Å²) in [5.74, 6) is 1.85. The molecule has 0 aliphatic rings. The minimum Gasteiger partial charge on any atom is -0.208 e. The van der Waals surface area contributed by atoms with E-state index in [1.807, 2.05) is 91.0 Å². The van der Waals surface area contributed by atoms with Crippen molar-refractivity contribution < 1.29 is 0 Å². The lowest BCUT2D eigenvalue weighted by molar-refractivity contribution is 1.07. The van der Waals surface area contributed by atoms with E-state index in [1.165, 1.54) is 0 Å². The van der Waals surface area contributed by atoms with E-state index in [4.69, 9.17) is 26.6 Å². The lowest BCUT2D eigenvalue weighted by Crippen LogP contribution is -2.00. The Morgan fingerprint density at radius 1 is 0.387 bits per heavy atom. The summed E-state index contributed by atoms with van der Waals surface area (Å²) in [6, 6.07) is 36.0. The number of hydrogen-bond donors (Lipinski definition) is 0. The molecule has 0 atom stereocenters. The van der Waals surface area contributed by atoms with E-state index in [2.05, 4.69) is 18.2 Å². The number of hydrogen-bond acceptors (Lipinski definition) is 3. The number of rotatable bonds is 4. The maximum absolute atomic E-state index is 6.49. The zero-order valence-electron chi connectivity index (χ0n) is 16.6. The number of benzene rings is 4. The molecule has 0 amide bonds. The van der Waals surface area contributed by atoms with Crippen molar-refractivity contribution in [2.45, 2.75) is 0 Å². The zero-order chi connectivity index (χ0) is 21.0. The van der Waals surface area contributed by atoms with Gasteiger partial charge in [0.15, 0.2) is 17.5 Å². The van der Waals surface area contributed by atoms with Crippen molar-refractivity contribution in [1.29, 1.82) is 0 Å². The van der Waals surface area contributed by atoms with Crippen LogP contribution < -0.4 is 0 Å². The van der Waals surface area contributed by atoms with Gasteiger partial charge in [-0.1, -0.05) is 103 Å². The third kappa shape index (κ3) is 4.23. The molecule has 3 nitrogen and oxygen atoms in total. The Labute approximate surface area is 186 Å². The van der Waals surface area contributed by atoms with E-state index in [9.17, 15) is 0 Å². The monoisotopic (exact) mass is 419 g/mol. The highest BCUT2D eigenvalue weighted by Crippen LogP contribution is 2.30. The van der Waals surface area contributed by atoms with Gasteiger partial charge < -0.3 is 0 Å². The van der Waals surface area contributed by atoms with Gasteiger partial charge in [0.1, 0.15) is 0 Å². The molecule has 0 unspecified atom stereocenters. The summed E-state index contributed by atoms with van der Waals surface area (Å²) in [6.45, 7) is 0. The molecule has 0 N–H and O–H groups in total. The number of halogens is 1. The molecule has 0 spiro atoms. The van der Waals surface area contributed by atoms with Gasteiger partial charge in [0.2, 0.25) is 0 Å². The predicted octanol–water partition coefficient (Wildman–Crippen LogP) is 7.19. The molecular weight excluding hydrogens is 402 g/mol. The van der Waals surface area contributed by atoms with Crippen LogP contribution >= 0.6 is 11.6 Å². The standard InChI is InChI=1S/C27H18ClN3/c28-24-17-22(19-10-4-1-5-11-19)16-23(18-24)27-30-25(20-12-6-2-7-13-20)29-26(31-27)21-14-8-3-9-15-21/h1-18H. The molecule has 0 radical (unpaired) electrons. The maximum Gasteiger partial charge on any atom is 0.164 e. The maximum atomic E-state index is 6.49. The first kappa shape index (κ1) is 19.2. The summed E-state index contributed by atoms with van der Waals surface area (Å²) < 4.78 is 0. The van der Waals surface area contributed by atoms with Gasteiger partial charge in [0.25, 0.3) is 0 Å². The summed E-state index contributed by atoms with van der Waals surface area (Å²) in [6.07, 6.45) is 0. The van der Waals surface area contributed by atoms with Crippen molar-refractivity contribution in [2.24, 2.45) is 0 Å². The van der Waals surface area contributed by atoms with Gasteiger partial charge >= 0.3 is 0 Å². The predicted molar refractivity (Wildman–Crippen MR) is 127 cm³/mol. The van der Waals surface area contributed by atoms with Gasteiger partial charge in [0.05, 0.1) is 0 Å². The highest BCUT2D eigenvalue weighted by Gasteiger charge is 2.13. The van der Waals surface area contributed by atoms with Crippen LogP contribution in [0, 0.1) is 0 Å². The molecule has 0 aliphatic carbocycles. The lowest BCUT2D eigenvalue weighted by atomic mass is 10.0. The van der Waals surface area contributed by atoms with E-state index < -0.39 is 0 Å². The van der Waals surface area contributed by atoms with Crippen LogP contribution in [0.5, 0.6) is 0 Å². The smallest absolute Gasteiger partial charge is 0.164 e. The van der Waals surface area contributed by atoms with E-state index in [0.717, 1.165) is 27.8 Å². The molecule has 5 rings (SSSR count). The highest BCUT2D eigenvalue weighted by atomic mass is 35.5. The second-order valence-electron chi connectivity index (χ2n) is 7.13. The first-order valence-electron chi connectivity index (χ1n) is 9.99. The zero-order valence-corrected chi connectivity index (χ0v) is 17.4. The minimum absolute atomic E-state index is 0.590. The molecule has 0 bridgehead atoms. The SMILES string of the molecule is Clc1cc(-c2ccccc2)cc(-c2nc(-c3ccccc3)nc(-c3ccccc3)n2)c1. The Balaban J connectivity index is 1.70. The van der Waals surface area contributed by atoms with Crippen LogP contribution in [0.2, 0.25) is 5.02 Å². The van der Waals surface area contributed by atoms with Crippen LogP contribution in [-0.2, 0) is 0 Å². The Morgan fingerprint density at radius 2 is 0.774 bits per heavy atom.